The number of carbonyl (C=O) groups is 2. The molecule has 1 fully saturated rings. The minimum atomic E-state index is -0.430. The average molecular weight is 393 g/mol. The molecule has 4 rings (SSSR count). The highest BCUT2D eigenvalue weighted by molar-refractivity contribution is 6.00. The molecule has 29 heavy (non-hydrogen) atoms. The van der Waals surface area contributed by atoms with Crippen molar-refractivity contribution in [3.05, 3.63) is 63.1 Å². The molecule has 0 unspecified atom stereocenters. The van der Waals surface area contributed by atoms with Gasteiger partial charge in [-0.2, -0.15) is 0 Å². The Bertz CT molecular complexity index is 1020. The van der Waals surface area contributed by atoms with Crippen LogP contribution in [0.5, 0.6) is 0 Å². The fourth-order valence-corrected chi connectivity index (χ4v) is 4.11. The van der Waals surface area contributed by atoms with Gasteiger partial charge in [0.1, 0.15) is 5.56 Å². The van der Waals surface area contributed by atoms with Crippen molar-refractivity contribution in [1.29, 1.82) is 0 Å². The standard InChI is InChI=1S/C23H27N3O3/c1-3-24-22(28)19-10-17(21(27)11-16-9-14(16)2)13-26(23(19)29)12-15-5-4-6-20-18(15)7-8-25-20/h4-6,10,13-14,16,25H,3,7-9,11-12H2,1-2H3,(H,24,28)/t14-,16+/m0/s1. The molecule has 2 aromatic rings. The lowest BCUT2D eigenvalue weighted by Crippen LogP contribution is -2.34. The van der Waals surface area contributed by atoms with E-state index in [-0.39, 0.29) is 16.9 Å². The fourth-order valence-electron chi connectivity index (χ4n) is 4.11. The summed E-state index contributed by atoms with van der Waals surface area (Å²) in [4.78, 5) is 38.3. The molecule has 1 saturated carbocycles. The maximum atomic E-state index is 13.0. The molecule has 2 N–H and O–H groups in total. The second-order valence-corrected chi connectivity index (χ2v) is 8.16. The molecule has 2 heterocycles. The second-order valence-electron chi connectivity index (χ2n) is 8.16. The van der Waals surface area contributed by atoms with Gasteiger partial charge in [0.2, 0.25) is 0 Å². The van der Waals surface area contributed by atoms with E-state index in [0.717, 1.165) is 30.6 Å². The Morgan fingerprint density at radius 1 is 1.31 bits per heavy atom. The summed E-state index contributed by atoms with van der Waals surface area (Å²) in [5.74, 6) is 0.561. The summed E-state index contributed by atoms with van der Waals surface area (Å²) in [5.41, 5.74) is 3.44. The number of rotatable bonds is 7. The van der Waals surface area contributed by atoms with Crippen LogP contribution < -0.4 is 16.2 Å². The molecule has 0 saturated heterocycles. The fraction of sp³-hybridized carbons (Fsp3) is 0.435. The van der Waals surface area contributed by atoms with Crippen molar-refractivity contribution in [1.82, 2.24) is 9.88 Å². The maximum Gasteiger partial charge on any atom is 0.263 e. The van der Waals surface area contributed by atoms with Crippen molar-refractivity contribution < 1.29 is 9.59 Å². The Hall–Kier alpha value is -2.89. The van der Waals surface area contributed by atoms with E-state index in [4.69, 9.17) is 0 Å². The quantitative estimate of drug-likeness (QED) is 0.709. The molecular formula is C23H27N3O3. The number of amides is 1. The number of ketones is 1. The molecule has 1 aromatic carbocycles. The lowest BCUT2D eigenvalue weighted by atomic mass is 10.0. The summed E-state index contributed by atoms with van der Waals surface area (Å²) < 4.78 is 1.52. The number of pyridine rings is 1. The smallest absolute Gasteiger partial charge is 0.263 e. The largest absolute Gasteiger partial charge is 0.384 e. The van der Waals surface area contributed by atoms with Crippen LogP contribution in [0.2, 0.25) is 0 Å². The predicted molar refractivity (Wildman–Crippen MR) is 113 cm³/mol. The zero-order valence-corrected chi connectivity index (χ0v) is 17.0. The lowest BCUT2D eigenvalue weighted by molar-refractivity contribution is 0.0953. The number of nitrogens with zero attached hydrogens (tertiary/aromatic N) is 1. The van der Waals surface area contributed by atoms with Gasteiger partial charge in [-0.25, -0.2) is 0 Å². The van der Waals surface area contributed by atoms with E-state index in [1.807, 2.05) is 18.2 Å². The first kappa shape index (κ1) is 19.4. The molecule has 152 valence electrons. The van der Waals surface area contributed by atoms with Crippen molar-refractivity contribution >= 4 is 17.4 Å². The minimum Gasteiger partial charge on any atom is -0.384 e. The first-order valence-corrected chi connectivity index (χ1v) is 10.4. The van der Waals surface area contributed by atoms with E-state index in [2.05, 4.69) is 17.6 Å². The third-order valence-electron chi connectivity index (χ3n) is 6.02. The summed E-state index contributed by atoms with van der Waals surface area (Å²) in [6.45, 7) is 5.59. The van der Waals surface area contributed by atoms with Gasteiger partial charge < -0.3 is 15.2 Å². The van der Waals surface area contributed by atoms with Crippen LogP contribution >= 0.6 is 0 Å². The van der Waals surface area contributed by atoms with Gasteiger partial charge in [-0.05, 0) is 54.9 Å². The van der Waals surface area contributed by atoms with Crippen molar-refractivity contribution in [2.75, 3.05) is 18.4 Å². The molecule has 1 aliphatic carbocycles. The highest BCUT2D eigenvalue weighted by atomic mass is 16.2. The Morgan fingerprint density at radius 2 is 2.10 bits per heavy atom. The Labute approximate surface area is 170 Å². The molecule has 0 radical (unpaired) electrons. The Balaban J connectivity index is 1.71. The van der Waals surface area contributed by atoms with Gasteiger partial charge in [0, 0.05) is 37.0 Å². The number of carbonyl (C=O) groups excluding carboxylic acids is 2. The van der Waals surface area contributed by atoms with E-state index in [9.17, 15) is 14.4 Å². The third-order valence-corrected chi connectivity index (χ3v) is 6.02. The topological polar surface area (TPSA) is 80.2 Å². The molecule has 2 aliphatic rings. The van der Waals surface area contributed by atoms with Crippen molar-refractivity contribution in [3.8, 4) is 0 Å². The van der Waals surface area contributed by atoms with Crippen LogP contribution in [-0.2, 0) is 13.0 Å². The Kier molecular flexibility index (Phi) is 5.26. The number of Topliss-reactive ketones (excluding diaryl/α,β-unsaturated/α-hetero) is 1. The zero-order chi connectivity index (χ0) is 20.5. The summed E-state index contributed by atoms with van der Waals surface area (Å²) in [7, 11) is 0. The van der Waals surface area contributed by atoms with Crippen LogP contribution in [0.15, 0.2) is 35.3 Å². The SMILES string of the molecule is CCNC(=O)c1cc(C(=O)C[C@H]2C[C@@H]2C)cn(Cc2cccc3c2CCN3)c1=O. The van der Waals surface area contributed by atoms with Gasteiger partial charge in [0.15, 0.2) is 5.78 Å². The molecule has 6 heteroatoms. The number of benzene rings is 1. The van der Waals surface area contributed by atoms with E-state index in [1.54, 1.807) is 13.1 Å². The van der Waals surface area contributed by atoms with Gasteiger partial charge in [-0.15, -0.1) is 0 Å². The minimum absolute atomic E-state index is 0.00129. The van der Waals surface area contributed by atoms with Crippen LogP contribution in [0, 0.1) is 11.8 Å². The lowest BCUT2D eigenvalue weighted by Gasteiger charge is -2.14. The van der Waals surface area contributed by atoms with Crippen molar-refractivity contribution in [2.45, 2.75) is 39.7 Å². The predicted octanol–water partition coefficient (Wildman–Crippen LogP) is 2.84. The number of aromatic nitrogens is 1. The van der Waals surface area contributed by atoms with Gasteiger partial charge in [-0.1, -0.05) is 19.1 Å². The van der Waals surface area contributed by atoms with Crippen molar-refractivity contribution in [3.63, 3.8) is 0 Å². The first-order valence-electron chi connectivity index (χ1n) is 10.4. The highest BCUT2D eigenvalue weighted by Crippen LogP contribution is 2.41. The number of fused-ring (bicyclic) bond motifs is 1. The molecule has 6 nitrogen and oxygen atoms in total. The molecule has 1 aromatic heterocycles. The Morgan fingerprint density at radius 3 is 2.83 bits per heavy atom. The van der Waals surface area contributed by atoms with Gasteiger partial charge in [-0.3, -0.25) is 14.4 Å². The molecule has 2 atom stereocenters. The van der Waals surface area contributed by atoms with Gasteiger partial charge in [0.25, 0.3) is 11.5 Å². The number of hydrogen-bond donors (Lipinski definition) is 2. The van der Waals surface area contributed by atoms with E-state index in [1.165, 1.54) is 16.2 Å². The monoisotopic (exact) mass is 393 g/mol. The molecule has 1 amide bonds. The summed E-state index contributed by atoms with van der Waals surface area (Å²) in [6, 6.07) is 7.47. The van der Waals surface area contributed by atoms with Crippen LogP contribution in [-0.4, -0.2) is 29.3 Å². The zero-order valence-electron chi connectivity index (χ0n) is 17.0. The highest BCUT2D eigenvalue weighted by Gasteiger charge is 2.34. The van der Waals surface area contributed by atoms with E-state index in [0.29, 0.717) is 36.9 Å². The third kappa shape index (κ3) is 3.97. The molecule has 1 aliphatic heterocycles. The molecule has 0 bridgehead atoms. The maximum absolute atomic E-state index is 13.0. The van der Waals surface area contributed by atoms with Crippen LogP contribution in [0.1, 0.15) is 58.5 Å². The van der Waals surface area contributed by atoms with E-state index >= 15 is 0 Å². The van der Waals surface area contributed by atoms with Gasteiger partial charge >= 0.3 is 0 Å². The molecule has 0 spiro atoms. The van der Waals surface area contributed by atoms with Gasteiger partial charge in [0.05, 0.1) is 6.54 Å². The van der Waals surface area contributed by atoms with Crippen LogP contribution in [0.4, 0.5) is 5.69 Å². The van der Waals surface area contributed by atoms with E-state index < -0.39 is 5.91 Å². The normalized spacial score (nSPS) is 19.4. The first-order chi connectivity index (χ1) is 14.0. The second kappa shape index (κ2) is 7.85. The molecular weight excluding hydrogens is 366 g/mol. The number of hydrogen-bond acceptors (Lipinski definition) is 4. The summed E-state index contributed by atoms with van der Waals surface area (Å²) in [6.07, 6.45) is 4.07. The van der Waals surface area contributed by atoms with Crippen LogP contribution in [0.25, 0.3) is 0 Å². The summed E-state index contributed by atoms with van der Waals surface area (Å²) in [5, 5.41) is 6.03. The summed E-state index contributed by atoms with van der Waals surface area (Å²) >= 11 is 0. The van der Waals surface area contributed by atoms with Crippen LogP contribution in [0.3, 0.4) is 0 Å². The number of nitrogens with one attached hydrogen (secondary N) is 2. The van der Waals surface area contributed by atoms with Crippen molar-refractivity contribution in [2.24, 2.45) is 11.8 Å². The average Bonchev–Trinajstić information content (AvgIpc) is 3.17. The number of anilines is 1.